The standard InChI is InChI=1S/C13H10F6O/c1-7(2)3-11(20)8-4-9(12(14,15)16)6-10(5-8)13(17,18)19/h3-6H,1-2H3. The summed E-state index contributed by atoms with van der Waals surface area (Å²) in [7, 11) is 0. The fraction of sp³-hybridized carbons (Fsp3) is 0.308. The van der Waals surface area contributed by atoms with Gasteiger partial charge >= 0.3 is 12.4 Å². The van der Waals surface area contributed by atoms with Crippen LogP contribution in [0.25, 0.3) is 0 Å². The Labute approximate surface area is 110 Å². The third-order valence-corrected chi connectivity index (χ3v) is 2.29. The van der Waals surface area contributed by atoms with E-state index in [9.17, 15) is 31.1 Å². The van der Waals surface area contributed by atoms with Crippen LogP contribution in [0.4, 0.5) is 26.3 Å². The lowest BCUT2D eigenvalue weighted by atomic mass is 10.0. The zero-order valence-electron chi connectivity index (χ0n) is 10.5. The molecule has 0 aromatic heterocycles. The van der Waals surface area contributed by atoms with E-state index in [-0.39, 0.29) is 6.07 Å². The van der Waals surface area contributed by atoms with E-state index < -0.39 is 34.8 Å². The maximum absolute atomic E-state index is 12.6. The van der Waals surface area contributed by atoms with Crippen LogP contribution in [0.3, 0.4) is 0 Å². The smallest absolute Gasteiger partial charge is 0.289 e. The Hall–Kier alpha value is -1.79. The minimum absolute atomic E-state index is 0.0146. The quantitative estimate of drug-likeness (QED) is 0.432. The topological polar surface area (TPSA) is 17.1 Å². The Kier molecular flexibility index (Phi) is 4.31. The molecule has 1 rings (SSSR count). The van der Waals surface area contributed by atoms with Crippen LogP contribution in [0.5, 0.6) is 0 Å². The van der Waals surface area contributed by atoms with Gasteiger partial charge in [-0.1, -0.05) is 5.57 Å². The van der Waals surface area contributed by atoms with Gasteiger partial charge in [0.25, 0.3) is 0 Å². The zero-order valence-corrected chi connectivity index (χ0v) is 10.5. The third-order valence-electron chi connectivity index (χ3n) is 2.29. The predicted molar refractivity (Wildman–Crippen MR) is 60.2 cm³/mol. The number of hydrogen-bond donors (Lipinski definition) is 0. The molecule has 1 aromatic carbocycles. The van der Waals surface area contributed by atoms with Crippen molar-refractivity contribution in [1.82, 2.24) is 0 Å². The van der Waals surface area contributed by atoms with Gasteiger partial charge in [-0.3, -0.25) is 4.79 Å². The van der Waals surface area contributed by atoms with Gasteiger partial charge in [-0.15, -0.1) is 0 Å². The molecule has 0 unspecified atom stereocenters. The van der Waals surface area contributed by atoms with E-state index in [0.29, 0.717) is 17.7 Å². The molecular formula is C13H10F6O. The van der Waals surface area contributed by atoms with Gasteiger partial charge in [0, 0.05) is 5.56 Å². The highest BCUT2D eigenvalue weighted by Crippen LogP contribution is 2.36. The summed E-state index contributed by atoms with van der Waals surface area (Å²) in [5.41, 5.74) is -3.18. The number of allylic oxidation sites excluding steroid dienone is 2. The summed E-state index contributed by atoms with van der Waals surface area (Å²) in [4.78, 5) is 11.6. The summed E-state index contributed by atoms with van der Waals surface area (Å²) < 4.78 is 75.4. The summed E-state index contributed by atoms with van der Waals surface area (Å²) in [6.45, 7) is 3.02. The van der Waals surface area contributed by atoms with E-state index in [1.165, 1.54) is 13.8 Å². The van der Waals surface area contributed by atoms with Crippen molar-refractivity contribution < 1.29 is 31.1 Å². The molecule has 1 aromatic rings. The Bertz CT molecular complexity index is 515. The van der Waals surface area contributed by atoms with Crippen LogP contribution >= 0.6 is 0 Å². The summed E-state index contributed by atoms with van der Waals surface area (Å²) in [6, 6.07) is 0.813. The zero-order chi connectivity index (χ0) is 15.7. The van der Waals surface area contributed by atoms with Crippen molar-refractivity contribution in [2.75, 3.05) is 0 Å². The number of ketones is 1. The molecule has 0 amide bonds. The van der Waals surface area contributed by atoms with Gasteiger partial charge in [-0.2, -0.15) is 26.3 Å². The van der Waals surface area contributed by atoms with Crippen LogP contribution in [0.1, 0.15) is 35.3 Å². The van der Waals surface area contributed by atoms with Gasteiger partial charge in [-0.25, -0.2) is 0 Å². The molecule has 0 saturated carbocycles. The van der Waals surface area contributed by atoms with Crippen LogP contribution in [-0.4, -0.2) is 5.78 Å². The van der Waals surface area contributed by atoms with Crippen LogP contribution in [0.15, 0.2) is 29.8 Å². The fourth-order valence-electron chi connectivity index (χ4n) is 1.44. The van der Waals surface area contributed by atoms with Gasteiger partial charge in [0.1, 0.15) is 0 Å². The molecule has 0 spiro atoms. The third kappa shape index (κ3) is 4.11. The molecule has 0 aliphatic heterocycles. The second kappa shape index (κ2) is 5.30. The number of alkyl halides is 6. The number of carbonyl (C=O) groups is 1. The number of halogens is 6. The molecule has 0 bridgehead atoms. The van der Waals surface area contributed by atoms with E-state index in [2.05, 4.69) is 0 Å². The van der Waals surface area contributed by atoms with Gasteiger partial charge < -0.3 is 0 Å². The molecule has 20 heavy (non-hydrogen) atoms. The summed E-state index contributed by atoms with van der Waals surface area (Å²) >= 11 is 0. The van der Waals surface area contributed by atoms with Crippen molar-refractivity contribution in [3.63, 3.8) is 0 Å². The van der Waals surface area contributed by atoms with Crippen molar-refractivity contribution in [2.45, 2.75) is 26.2 Å². The second-order valence-electron chi connectivity index (χ2n) is 4.38. The average Bonchev–Trinajstić information content (AvgIpc) is 2.25. The molecule has 0 radical (unpaired) electrons. The number of hydrogen-bond acceptors (Lipinski definition) is 1. The molecule has 0 fully saturated rings. The van der Waals surface area contributed by atoms with Crippen LogP contribution in [-0.2, 0) is 12.4 Å². The SMILES string of the molecule is CC(C)=CC(=O)c1cc(C(F)(F)F)cc(C(F)(F)F)c1. The normalized spacial score (nSPS) is 12.2. The highest BCUT2D eigenvalue weighted by molar-refractivity contribution is 6.05. The molecule has 0 aliphatic rings. The molecule has 110 valence electrons. The number of rotatable bonds is 2. The van der Waals surface area contributed by atoms with E-state index in [1.54, 1.807) is 0 Å². The lowest BCUT2D eigenvalue weighted by Gasteiger charge is -2.13. The summed E-state index contributed by atoms with van der Waals surface area (Å²) in [6.07, 6.45) is -8.93. The second-order valence-corrected chi connectivity index (χ2v) is 4.38. The summed E-state index contributed by atoms with van der Waals surface area (Å²) in [5, 5.41) is 0. The van der Waals surface area contributed by atoms with Crippen molar-refractivity contribution >= 4 is 5.78 Å². The first-order valence-corrected chi connectivity index (χ1v) is 5.40. The first kappa shape index (κ1) is 16.3. The van der Waals surface area contributed by atoms with Crippen molar-refractivity contribution in [1.29, 1.82) is 0 Å². The van der Waals surface area contributed by atoms with Crippen molar-refractivity contribution in [2.24, 2.45) is 0 Å². The maximum atomic E-state index is 12.6. The van der Waals surface area contributed by atoms with Crippen molar-refractivity contribution in [3.05, 3.63) is 46.5 Å². The first-order chi connectivity index (χ1) is 8.91. The van der Waals surface area contributed by atoms with Gasteiger partial charge in [0.2, 0.25) is 0 Å². The highest BCUT2D eigenvalue weighted by Gasteiger charge is 2.37. The molecule has 0 saturated heterocycles. The molecule has 0 aliphatic carbocycles. The lowest BCUT2D eigenvalue weighted by Crippen LogP contribution is -2.13. The maximum Gasteiger partial charge on any atom is 0.416 e. The monoisotopic (exact) mass is 296 g/mol. The van der Waals surface area contributed by atoms with E-state index in [1.807, 2.05) is 0 Å². The van der Waals surface area contributed by atoms with Gasteiger partial charge in [-0.05, 0) is 38.1 Å². The molecule has 0 atom stereocenters. The molecule has 7 heteroatoms. The van der Waals surface area contributed by atoms with E-state index in [0.717, 1.165) is 6.08 Å². The lowest BCUT2D eigenvalue weighted by molar-refractivity contribution is -0.143. The molecular weight excluding hydrogens is 286 g/mol. The van der Waals surface area contributed by atoms with Crippen molar-refractivity contribution in [3.8, 4) is 0 Å². The number of carbonyl (C=O) groups excluding carboxylic acids is 1. The minimum atomic E-state index is -4.96. The van der Waals surface area contributed by atoms with Gasteiger partial charge in [0.15, 0.2) is 5.78 Å². The Balaban J connectivity index is 3.46. The minimum Gasteiger partial charge on any atom is -0.289 e. The Morgan fingerprint density at radius 1 is 0.900 bits per heavy atom. The number of benzene rings is 1. The molecule has 0 N–H and O–H groups in total. The first-order valence-electron chi connectivity index (χ1n) is 5.40. The molecule has 1 nitrogen and oxygen atoms in total. The van der Waals surface area contributed by atoms with E-state index in [4.69, 9.17) is 0 Å². The fourth-order valence-corrected chi connectivity index (χ4v) is 1.44. The van der Waals surface area contributed by atoms with Crippen LogP contribution < -0.4 is 0 Å². The Morgan fingerprint density at radius 2 is 1.30 bits per heavy atom. The highest BCUT2D eigenvalue weighted by atomic mass is 19.4. The predicted octanol–water partition coefficient (Wildman–Crippen LogP) is 4.87. The molecule has 0 heterocycles. The van der Waals surface area contributed by atoms with E-state index >= 15 is 0 Å². The van der Waals surface area contributed by atoms with Crippen LogP contribution in [0.2, 0.25) is 0 Å². The average molecular weight is 296 g/mol. The summed E-state index contributed by atoms with van der Waals surface area (Å²) in [5.74, 6) is -0.901. The van der Waals surface area contributed by atoms with Gasteiger partial charge in [0.05, 0.1) is 11.1 Å². The largest absolute Gasteiger partial charge is 0.416 e. The Morgan fingerprint density at radius 3 is 1.60 bits per heavy atom. The van der Waals surface area contributed by atoms with Crippen LogP contribution in [0, 0.1) is 0 Å².